The third-order valence-corrected chi connectivity index (χ3v) is 3.02. The molecule has 0 spiro atoms. The van der Waals surface area contributed by atoms with Crippen LogP contribution in [0.5, 0.6) is 5.75 Å². The molecule has 1 aromatic rings. The molecular formula is C12H16BrNO3. The van der Waals surface area contributed by atoms with Crippen molar-refractivity contribution in [1.29, 1.82) is 0 Å². The van der Waals surface area contributed by atoms with Crippen LogP contribution in [0.25, 0.3) is 0 Å². The summed E-state index contributed by atoms with van der Waals surface area (Å²) in [6.45, 7) is 2.69. The number of nitrogens with zero attached hydrogens (tertiary/aromatic N) is 1. The number of carboxylic acids is 1. The Morgan fingerprint density at radius 2 is 2.29 bits per heavy atom. The molecule has 0 bridgehead atoms. The Morgan fingerprint density at radius 3 is 2.88 bits per heavy atom. The molecule has 0 saturated heterocycles. The van der Waals surface area contributed by atoms with Gasteiger partial charge in [0.1, 0.15) is 18.4 Å². The van der Waals surface area contributed by atoms with Gasteiger partial charge in [0.25, 0.3) is 0 Å². The van der Waals surface area contributed by atoms with E-state index in [4.69, 9.17) is 9.84 Å². The smallest absolute Gasteiger partial charge is 0.320 e. The van der Waals surface area contributed by atoms with Crippen LogP contribution in [0.3, 0.4) is 0 Å². The van der Waals surface area contributed by atoms with Crippen LogP contribution in [-0.2, 0) is 4.79 Å². The minimum Gasteiger partial charge on any atom is -0.492 e. The Morgan fingerprint density at radius 1 is 1.59 bits per heavy atom. The summed E-state index contributed by atoms with van der Waals surface area (Å²) in [4.78, 5) is 12.5. The van der Waals surface area contributed by atoms with Crippen LogP contribution in [-0.4, -0.2) is 42.2 Å². The van der Waals surface area contributed by atoms with Crippen LogP contribution < -0.4 is 4.74 Å². The maximum Gasteiger partial charge on any atom is 0.320 e. The van der Waals surface area contributed by atoms with E-state index >= 15 is 0 Å². The maximum atomic E-state index is 10.7. The summed E-state index contributed by atoms with van der Waals surface area (Å²) in [6.07, 6.45) is 0. The molecule has 94 valence electrons. The first-order chi connectivity index (χ1) is 8.00. The van der Waals surface area contributed by atoms with Gasteiger partial charge in [-0.1, -0.05) is 22.0 Å². The number of carboxylic acid groups (broad SMARTS) is 1. The fourth-order valence-electron chi connectivity index (χ4n) is 1.25. The van der Waals surface area contributed by atoms with E-state index in [2.05, 4.69) is 15.9 Å². The summed E-state index contributed by atoms with van der Waals surface area (Å²) >= 11 is 3.36. The number of aliphatic carboxylic acids is 1. The highest BCUT2D eigenvalue weighted by Crippen LogP contribution is 2.17. The normalized spacial score (nSPS) is 12.5. The number of carbonyl (C=O) groups is 1. The molecule has 17 heavy (non-hydrogen) atoms. The van der Waals surface area contributed by atoms with Gasteiger partial charge in [0.15, 0.2) is 0 Å². The van der Waals surface area contributed by atoms with Crippen molar-refractivity contribution in [3.05, 3.63) is 28.7 Å². The van der Waals surface area contributed by atoms with E-state index < -0.39 is 12.0 Å². The molecule has 1 rings (SSSR count). The number of benzene rings is 1. The topological polar surface area (TPSA) is 49.8 Å². The molecule has 0 heterocycles. The Bertz CT molecular complexity index is 384. The molecule has 0 aliphatic rings. The van der Waals surface area contributed by atoms with Crippen molar-refractivity contribution in [2.75, 3.05) is 20.2 Å². The highest BCUT2D eigenvalue weighted by Gasteiger charge is 2.15. The van der Waals surface area contributed by atoms with Gasteiger partial charge >= 0.3 is 5.97 Å². The number of rotatable bonds is 6. The standard InChI is InChI=1S/C12H16BrNO3/c1-9(12(15)16)14(2)6-7-17-11-5-3-4-10(13)8-11/h3-5,8-9H,6-7H2,1-2H3,(H,15,16). The largest absolute Gasteiger partial charge is 0.492 e. The van der Waals surface area contributed by atoms with E-state index in [0.717, 1.165) is 10.2 Å². The van der Waals surface area contributed by atoms with Crippen LogP contribution in [0.15, 0.2) is 28.7 Å². The van der Waals surface area contributed by atoms with Crippen molar-refractivity contribution in [3.8, 4) is 5.75 Å². The first-order valence-electron chi connectivity index (χ1n) is 5.32. The zero-order chi connectivity index (χ0) is 12.8. The summed E-state index contributed by atoms with van der Waals surface area (Å²) in [7, 11) is 1.77. The summed E-state index contributed by atoms with van der Waals surface area (Å²) < 4.78 is 6.48. The van der Waals surface area contributed by atoms with Crippen LogP contribution in [0.1, 0.15) is 6.92 Å². The number of likely N-dealkylation sites (N-methyl/N-ethyl adjacent to an activating group) is 1. The molecule has 0 saturated carbocycles. The third kappa shape index (κ3) is 4.75. The predicted octanol–water partition coefficient (Wildman–Crippen LogP) is 2.23. The van der Waals surface area contributed by atoms with E-state index in [1.807, 2.05) is 24.3 Å². The van der Waals surface area contributed by atoms with E-state index in [1.54, 1.807) is 18.9 Å². The van der Waals surface area contributed by atoms with Gasteiger partial charge < -0.3 is 9.84 Å². The fraction of sp³-hybridized carbons (Fsp3) is 0.417. The molecule has 0 aliphatic carbocycles. The lowest BCUT2D eigenvalue weighted by molar-refractivity contribution is -0.142. The van der Waals surface area contributed by atoms with Gasteiger partial charge in [-0.05, 0) is 32.2 Å². The molecule has 0 aromatic heterocycles. The Labute approximate surface area is 109 Å². The van der Waals surface area contributed by atoms with Crippen molar-refractivity contribution < 1.29 is 14.6 Å². The van der Waals surface area contributed by atoms with Crippen LogP contribution in [0, 0.1) is 0 Å². The highest BCUT2D eigenvalue weighted by atomic mass is 79.9. The Kier molecular flexibility index (Phi) is 5.44. The van der Waals surface area contributed by atoms with Gasteiger partial charge in [-0.25, -0.2) is 0 Å². The van der Waals surface area contributed by atoms with Crippen LogP contribution >= 0.6 is 15.9 Å². The van der Waals surface area contributed by atoms with E-state index in [0.29, 0.717) is 13.2 Å². The fourth-order valence-corrected chi connectivity index (χ4v) is 1.62. The van der Waals surface area contributed by atoms with Gasteiger partial charge in [0, 0.05) is 11.0 Å². The van der Waals surface area contributed by atoms with Gasteiger partial charge in [-0.3, -0.25) is 9.69 Å². The Balaban J connectivity index is 2.35. The minimum absolute atomic E-state index is 0.463. The molecule has 0 radical (unpaired) electrons. The molecule has 0 amide bonds. The molecule has 1 atom stereocenters. The third-order valence-electron chi connectivity index (χ3n) is 2.53. The number of ether oxygens (including phenoxy) is 1. The van der Waals surface area contributed by atoms with E-state index in [9.17, 15) is 4.79 Å². The molecule has 4 nitrogen and oxygen atoms in total. The SMILES string of the molecule is CC(C(=O)O)N(C)CCOc1cccc(Br)c1. The summed E-state index contributed by atoms with van der Waals surface area (Å²) in [5, 5.41) is 8.82. The quantitative estimate of drug-likeness (QED) is 0.875. The molecular weight excluding hydrogens is 286 g/mol. The lowest BCUT2D eigenvalue weighted by Gasteiger charge is -2.20. The van der Waals surface area contributed by atoms with Gasteiger partial charge in [0.05, 0.1) is 0 Å². The number of hydrogen-bond acceptors (Lipinski definition) is 3. The van der Waals surface area contributed by atoms with Crippen LogP contribution in [0.2, 0.25) is 0 Å². The van der Waals surface area contributed by atoms with Crippen molar-refractivity contribution in [1.82, 2.24) is 4.90 Å². The average molecular weight is 302 g/mol. The summed E-state index contributed by atoms with van der Waals surface area (Å²) in [5.41, 5.74) is 0. The first-order valence-corrected chi connectivity index (χ1v) is 6.11. The first kappa shape index (κ1) is 14.0. The summed E-state index contributed by atoms with van der Waals surface area (Å²) in [5.74, 6) is -0.0503. The molecule has 1 N–H and O–H groups in total. The lowest BCUT2D eigenvalue weighted by Crippen LogP contribution is -2.38. The lowest BCUT2D eigenvalue weighted by atomic mass is 10.3. The van der Waals surface area contributed by atoms with E-state index in [-0.39, 0.29) is 0 Å². The zero-order valence-corrected chi connectivity index (χ0v) is 11.5. The molecule has 0 fully saturated rings. The van der Waals surface area contributed by atoms with Crippen LogP contribution in [0.4, 0.5) is 0 Å². The molecule has 1 aromatic carbocycles. The van der Waals surface area contributed by atoms with Crippen molar-refractivity contribution in [2.24, 2.45) is 0 Å². The molecule has 1 unspecified atom stereocenters. The second-order valence-corrected chi connectivity index (χ2v) is 4.72. The predicted molar refractivity (Wildman–Crippen MR) is 69.4 cm³/mol. The van der Waals surface area contributed by atoms with Crippen molar-refractivity contribution in [2.45, 2.75) is 13.0 Å². The van der Waals surface area contributed by atoms with Crippen molar-refractivity contribution in [3.63, 3.8) is 0 Å². The van der Waals surface area contributed by atoms with E-state index in [1.165, 1.54) is 0 Å². The second kappa shape index (κ2) is 6.61. The number of halogens is 1. The van der Waals surface area contributed by atoms with Gasteiger partial charge in [-0.2, -0.15) is 0 Å². The molecule has 0 aliphatic heterocycles. The zero-order valence-electron chi connectivity index (χ0n) is 9.89. The minimum atomic E-state index is -0.824. The number of hydrogen-bond donors (Lipinski definition) is 1. The molecule has 5 heteroatoms. The van der Waals surface area contributed by atoms with Gasteiger partial charge in [-0.15, -0.1) is 0 Å². The van der Waals surface area contributed by atoms with Gasteiger partial charge in [0.2, 0.25) is 0 Å². The summed E-state index contributed by atoms with van der Waals surface area (Å²) in [6, 6.07) is 7.06. The van der Waals surface area contributed by atoms with Crippen molar-refractivity contribution >= 4 is 21.9 Å². The maximum absolute atomic E-state index is 10.7. The monoisotopic (exact) mass is 301 g/mol. The Hall–Kier alpha value is -1.07. The second-order valence-electron chi connectivity index (χ2n) is 3.80. The highest BCUT2D eigenvalue weighted by molar-refractivity contribution is 9.10. The average Bonchev–Trinajstić information content (AvgIpc) is 2.27.